The molecule has 3 amide bonds. The van der Waals surface area contributed by atoms with E-state index in [2.05, 4.69) is 15.7 Å². The number of fused-ring (bicyclic) bond motifs is 4. The van der Waals surface area contributed by atoms with Crippen molar-refractivity contribution < 1.29 is 45.4 Å². The number of alkyl halides is 5. The number of halogens is 8. The van der Waals surface area contributed by atoms with E-state index in [1.54, 1.807) is 0 Å². The summed E-state index contributed by atoms with van der Waals surface area (Å²) >= 11 is 6.30. The van der Waals surface area contributed by atoms with Gasteiger partial charge in [-0.25, -0.2) is 22.4 Å². The topological polar surface area (TPSA) is 99.5 Å². The van der Waals surface area contributed by atoms with Crippen LogP contribution in [0.2, 0.25) is 5.02 Å². The Bertz CT molecular complexity index is 1830. The van der Waals surface area contributed by atoms with E-state index in [4.69, 9.17) is 11.6 Å². The van der Waals surface area contributed by atoms with Crippen LogP contribution in [0.3, 0.4) is 0 Å². The molecule has 3 heterocycles. The average molecular weight is 628 g/mol. The maximum atomic E-state index is 14.2. The molecule has 0 unspecified atom stereocenters. The van der Waals surface area contributed by atoms with Crippen molar-refractivity contribution in [2.24, 2.45) is 0 Å². The molecule has 16 heteroatoms. The zero-order valence-electron chi connectivity index (χ0n) is 21.3. The smallest absolute Gasteiger partial charge is 0.375 e. The van der Waals surface area contributed by atoms with Gasteiger partial charge in [-0.1, -0.05) is 11.6 Å². The molecule has 43 heavy (non-hydrogen) atoms. The number of nitrogens with zero attached hydrogens (tertiary/aromatic N) is 3. The number of aromatic nitrogens is 2. The van der Waals surface area contributed by atoms with Crippen LogP contribution in [0.5, 0.6) is 0 Å². The molecule has 0 saturated carbocycles. The van der Waals surface area contributed by atoms with Gasteiger partial charge in [0.2, 0.25) is 5.60 Å². The molecule has 0 radical (unpaired) electrons. The summed E-state index contributed by atoms with van der Waals surface area (Å²) < 4.78 is 97.5. The first-order valence-electron chi connectivity index (χ1n) is 12.4. The van der Waals surface area contributed by atoms with Crippen LogP contribution in [-0.2, 0) is 12.1 Å². The molecule has 0 bridgehead atoms. The zero-order chi connectivity index (χ0) is 31.0. The lowest BCUT2D eigenvalue weighted by molar-refractivity contribution is -0.258. The Kier molecular flexibility index (Phi) is 6.58. The van der Waals surface area contributed by atoms with E-state index in [1.165, 1.54) is 12.1 Å². The van der Waals surface area contributed by atoms with E-state index < -0.39 is 72.2 Å². The number of amides is 3. The lowest BCUT2D eigenvalue weighted by Gasteiger charge is -2.27. The van der Waals surface area contributed by atoms with Gasteiger partial charge in [0, 0.05) is 27.1 Å². The van der Waals surface area contributed by atoms with Crippen molar-refractivity contribution in [3.63, 3.8) is 0 Å². The Labute approximate surface area is 241 Å². The van der Waals surface area contributed by atoms with Crippen LogP contribution in [0.1, 0.15) is 33.1 Å². The Hall–Kier alpha value is -4.37. The third-order valence-electron chi connectivity index (χ3n) is 7.40. The van der Waals surface area contributed by atoms with E-state index >= 15 is 0 Å². The molecule has 0 saturated heterocycles. The number of nitrogens with one attached hydrogen (secondary N) is 2. The van der Waals surface area contributed by atoms with Crippen LogP contribution in [-0.4, -0.2) is 46.0 Å². The van der Waals surface area contributed by atoms with Gasteiger partial charge in [0.25, 0.3) is 12.3 Å². The normalized spacial score (nSPS) is 19.6. The van der Waals surface area contributed by atoms with E-state index in [9.17, 15) is 45.4 Å². The molecule has 0 fully saturated rings. The lowest BCUT2D eigenvalue weighted by atomic mass is 9.94. The largest absolute Gasteiger partial charge is 0.423 e. The van der Waals surface area contributed by atoms with Crippen molar-refractivity contribution in [1.82, 2.24) is 15.1 Å². The third-order valence-corrected chi connectivity index (χ3v) is 7.74. The summed E-state index contributed by atoms with van der Waals surface area (Å²) in [7, 11) is 0. The van der Waals surface area contributed by atoms with E-state index in [-0.39, 0.29) is 38.3 Å². The molecule has 3 aromatic carbocycles. The number of hydrogen-bond donors (Lipinski definition) is 3. The number of carbonyl (C=O) groups is 2. The minimum atomic E-state index is -5.30. The molecule has 3 N–H and O–H groups in total. The fourth-order valence-corrected chi connectivity index (χ4v) is 5.71. The Morgan fingerprint density at radius 3 is 2.56 bits per heavy atom. The molecule has 6 rings (SSSR count). The summed E-state index contributed by atoms with van der Waals surface area (Å²) in [6, 6.07) is 4.26. The molecule has 2 aliphatic heterocycles. The van der Waals surface area contributed by atoms with Crippen molar-refractivity contribution in [2.75, 3.05) is 16.8 Å². The minimum Gasteiger partial charge on any atom is -0.375 e. The van der Waals surface area contributed by atoms with Gasteiger partial charge in [-0.3, -0.25) is 14.4 Å². The fourth-order valence-electron chi connectivity index (χ4n) is 5.48. The molecule has 8 nitrogen and oxygen atoms in total. The zero-order valence-corrected chi connectivity index (χ0v) is 22.1. The van der Waals surface area contributed by atoms with Crippen molar-refractivity contribution in [1.29, 1.82) is 0 Å². The molecule has 224 valence electrons. The quantitative estimate of drug-likeness (QED) is 0.247. The van der Waals surface area contributed by atoms with Gasteiger partial charge in [-0.05, 0) is 42.5 Å². The van der Waals surface area contributed by atoms with Gasteiger partial charge in [0.1, 0.15) is 18.2 Å². The van der Waals surface area contributed by atoms with Crippen LogP contribution in [0.25, 0.3) is 10.9 Å². The third kappa shape index (κ3) is 4.54. The Morgan fingerprint density at radius 1 is 1.16 bits per heavy atom. The van der Waals surface area contributed by atoms with Crippen molar-refractivity contribution in [3.8, 4) is 0 Å². The number of rotatable bonds is 4. The predicted molar refractivity (Wildman–Crippen MR) is 139 cm³/mol. The van der Waals surface area contributed by atoms with E-state index in [0.29, 0.717) is 11.0 Å². The molecule has 2 aliphatic rings. The molecule has 4 aromatic rings. The minimum absolute atomic E-state index is 0.0135. The van der Waals surface area contributed by atoms with Crippen LogP contribution in [0.15, 0.2) is 48.7 Å². The maximum absolute atomic E-state index is 14.2. The highest BCUT2D eigenvalue weighted by atomic mass is 35.5. The highest BCUT2D eigenvalue weighted by Crippen LogP contribution is 2.49. The number of hydrogen-bond acceptors (Lipinski definition) is 4. The SMILES string of the molecule is O=C1N[C@@H](c2cc(F)ccc2Cl)c2c(NC(=O)N3C[C@](O)(C(F)(F)F)c4cc(F)ccc43)cc3c(cnn3CC(F)F)c21. The average Bonchev–Trinajstić information content (AvgIpc) is 3.57. The number of anilines is 2. The summed E-state index contributed by atoms with van der Waals surface area (Å²) in [4.78, 5) is 27.3. The summed E-state index contributed by atoms with van der Waals surface area (Å²) in [5.74, 6) is -2.55. The number of β-amino-alcohol motifs (C(OH)–C–C–N with tert-alkyl or cyclic N) is 1. The molecule has 2 atom stereocenters. The van der Waals surface area contributed by atoms with Gasteiger partial charge < -0.3 is 15.7 Å². The highest BCUT2D eigenvalue weighted by molar-refractivity contribution is 6.31. The van der Waals surface area contributed by atoms with Crippen molar-refractivity contribution >= 4 is 45.8 Å². The van der Waals surface area contributed by atoms with Crippen molar-refractivity contribution in [2.45, 2.75) is 30.8 Å². The standard InChI is InChI=1S/C27H17ClF7N5O3/c28-16-3-1-11(29)5-13(16)23-22-17(7-19-14(21(22)24(41)38-23)8-36-40(19)9-20(31)32)37-25(42)39-10-26(43,27(33,34)35)15-6-12(30)2-4-18(15)39/h1-8,20,23,43H,9-10H2,(H,37,42)(H,38,41)/t23-,26+/m0/s1. The summed E-state index contributed by atoms with van der Waals surface area (Å²) in [6.07, 6.45) is -7.00. The number of benzene rings is 3. The Morgan fingerprint density at radius 2 is 1.86 bits per heavy atom. The molecular formula is C27H17ClF7N5O3. The van der Waals surface area contributed by atoms with Gasteiger partial charge in [0.15, 0.2) is 0 Å². The van der Waals surface area contributed by atoms with Crippen molar-refractivity contribution in [3.05, 3.63) is 87.6 Å². The van der Waals surface area contributed by atoms with Crippen LogP contribution in [0.4, 0.5) is 46.9 Å². The summed E-state index contributed by atoms with van der Waals surface area (Å²) in [6.45, 7) is -2.23. The summed E-state index contributed by atoms with van der Waals surface area (Å²) in [5, 5.41) is 19.6. The molecular weight excluding hydrogens is 611 g/mol. The first kappa shape index (κ1) is 28.7. The van der Waals surface area contributed by atoms with Gasteiger partial charge in [-0.15, -0.1) is 0 Å². The summed E-state index contributed by atoms with van der Waals surface area (Å²) in [5.41, 5.74) is -5.24. The van der Waals surface area contributed by atoms with Gasteiger partial charge in [-0.2, -0.15) is 18.3 Å². The van der Waals surface area contributed by atoms with Crippen LogP contribution >= 0.6 is 11.6 Å². The van der Waals surface area contributed by atoms with Crippen LogP contribution in [0, 0.1) is 11.6 Å². The predicted octanol–water partition coefficient (Wildman–Crippen LogP) is 5.87. The van der Waals surface area contributed by atoms with E-state index in [1.807, 2.05) is 0 Å². The maximum Gasteiger partial charge on any atom is 0.423 e. The molecule has 0 aliphatic carbocycles. The molecule has 1 aromatic heterocycles. The first-order valence-corrected chi connectivity index (χ1v) is 12.8. The second-order valence-electron chi connectivity index (χ2n) is 9.97. The monoisotopic (exact) mass is 627 g/mol. The second kappa shape index (κ2) is 9.84. The number of urea groups is 1. The highest BCUT2D eigenvalue weighted by Gasteiger charge is 2.61. The van der Waals surface area contributed by atoms with Crippen LogP contribution < -0.4 is 15.5 Å². The Balaban J connectivity index is 1.50. The number of aliphatic hydroxyl groups is 1. The van der Waals surface area contributed by atoms with Gasteiger partial charge >= 0.3 is 12.2 Å². The van der Waals surface area contributed by atoms with E-state index in [0.717, 1.165) is 35.1 Å². The molecule has 0 spiro atoms. The fraction of sp³-hybridized carbons (Fsp3) is 0.222. The lowest BCUT2D eigenvalue weighted by Crippen LogP contribution is -2.48. The van der Waals surface area contributed by atoms with Gasteiger partial charge in [0.05, 0.1) is 41.2 Å². The number of carbonyl (C=O) groups excluding carboxylic acids is 2. The first-order chi connectivity index (χ1) is 20.2. The second-order valence-corrected chi connectivity index (χ2v) is 10.4.